The summed E-state index contributed by atoms with van der Waals surface area (Å²) in [4.78, 5) is 10.4. The van der Waals surface area contributed by atoms with Crippen LogP contribution in [0.3, 0.4) is 0 Å². The third kappa shape index (κ3) is 2.55. The van der Waals surface area contributed by atoms with Gasteiger partial charge in [0.1, 0.15) is 5.82 Å². The predicted octanol–water partition coefficient (Wildman–Crippen LogP) is -0.0826. The normalized spacial score (nSPS) is 9.92. The average Bonchev–Trinajstić information content (AvgIpc) is 2.34. The van der Waals surface area contributed by atoms with E-state index in [2.05, 4.69) is 15.5 Å². The molecule has 13 heavy (non-hydrogen) atoms. The van der Waals surface area contributed by atoms with Crippen molar-refractivity contribution >= 4 is 18.2 Å². The number of rotatable bonds is 3. The molecule has 4 N–H and O–H groups in total. The van der Waals surface area contributed by atoms with E-state index in [-0.39, 0.29) is 0 Å². The first-order valence-corrected chi connectivity index (χ1v) is 4.17. The van der Waals surface area contributed by atoms with Crippen molar-refractivity contribution in [1.29, 1.82) is 0 Å². The van der Waals surface area contributed by atoms with Crippen molar-refractivity contribution in [2.75, 3.05) is 6.54 Å². The van der Waals surface area contributed by atoms with Crippen molar-refractivity contribution in [2.45, 2.75) is 13.5 Å². The van der Waals surface area contributed by atoms with Crippen LogP contribution in [0.15, 0.2) is 0 Å². The number of carbonyl (C=O) groups is 1. The van der Waals surface area contributed by atoms with Crippen LogP contribution in [0.25, 0.3) is 0 Å². The molecule has 0 saturated heterocycles. The van der Waals surface area contributed by atoms with Crippen LogP contribution < -0.4 is 11.1 Å². The zero-order valence-electron chi connectivity index (χ0n) is 7.20. The number of aryl methyl sites for hydroxylation is 1. The van der Waals surface area contributed by atoms with Gasteiger partial charge in [-0.25, -0.2) is 4.79 Å². The Morgan fingerprint density at radius 1 is 1.85 bits per heavy atom. The van der Waals surface area contributed by atoms with Gasteiger partial charge in [-0.2, -0.15) is 5.10 Å². The van der Waals surface area contributed by atoms with Crippen LogP contribution in [0, 0.1) is 11.7 Å². The Bertz CT molecular complexity index is 354. The monoisotopic (exact) mass is 201 g/mol. The Balaban J connectivity index is 2.54. The summed E-state index contributed by atoms with van der Waals surface area (Å²) in [6, 6.07) is -0.535. The van der Waals surface area contributed by atoms with Crippen molar-refractivity contribution in [1.82, 2.24) is 20.1 Å². The molecule has 0 unspecified atom stereocenters. The fourth-order valence-corrected chi connectivity index (χ4v) is 1.22. The summed E-state index contributed by atoms with van der Waals surface area (Å²) in [5, 5.41) is 9.03. The van der Waals surface area contributed by atoms with Gasteiger partial charge in [-0.1, -0.05) is 0 Å². The highest BCUT2D eigenvalue weighted by molar-refractivity contribution is 7.71. The van der Waals surface area contributed by atoms with Gasteiger partial charge in [0, 0.05) is 13.1 Å². The maximum absolute atomic E-state index is 10.4. The van der Waals surface area contributed by atoms with Crippen LogP contribution in [0.5, 0.6) is 0 Å². The van der Waals surface area contributed by atoms with Crippen molar-refractivity contribution < 1.29 is 4.79 Å². The number of aromatic amines is 1. The highest BCUT2D eigenvalue weighted by Crippen LogP contribution is 1.93. The summed E-state index contributed by atoms with van der Waals surface area (Å²) in [5.74, 6) is 0.788. The van der Waals surface area contributed by atoms with Gasteiger partial charge in [0.05, 0.1) is 0 Å². The zero-order chi connectivity index (χ0) is 9.84. The predicted molar refractivity (Wildman–Crippen MR) is 49.7 cm³/mol. The molecule has 0 aromatic carbocycles. The van der Waals surface area contributed by atoms with E-state index in [0.717, 1.165) is 5.82 Å². The Morgan fingerprint density at radius 3 is 3.00 bits per heavy atom. The number of hydrogen-bond donors (Lipinski definition) is 3. The SMILES string of the molecule is Cc1n[nH]c(=S)n1CCNC(N)=O. The standard InChI is InChI=1S/C6H11N5OS/c1-4-9-10-6(13)11(4)3-2-8-5(7)12/h2-3H2,1H3,(H,10,13)(H3,7,8,12). The van der Waals surface area contributed by atoms with Gasteiger partial charge in [0.25, 0.3) is 0 Å². The van der Waals surface area contributed by atoms with Gasteiger partial charge in [0.15, 0.2) is 4.77 Å². The number of H-pyrrole nitrogens is 1. The van der Waals surface area contributed by atoms with Crippen LogP contribution in [0.1, 0.15) is 5.82 Å². The van der Waals surface area contributed by atoms with Crippen molar-refractivity contribution in [3.05, 3.63) is 10.6 Å². The van der Waals surface area contributed by atoms with E-state index in [9.17, 15) is 4.79 Å². The molecule has 0 radical (unpaired) electrons. The molecule has 1 aromatic heterocycles. The minimum atomic E-state index is -0.535. The second kappa shape index (κ2) is 4.04. The molecule has 1 aromatic rings. The number of nitrogens with one attached hydrogen (secondary N) is 2. The molecular formula is C6H11N5OS. The van der Waals surface area contributed by atoms with E-state index in [0.29, 0.717) is 17.9 Å². The molecule has 0 saturated carbocycles. The molecule has 0 aliphatic heterocycles. The van der Waals surface area contributed by atoms with Crippen LogP contribution in [0.2, 0.25) is 0 Å². The zero-order valence-corrected chi connectivity index (χ0v) is 8.02. The molecule has 0 aliphatic rings. The highest BCUT2D eigenvalue weighted by atomic mass is 32.1. The van der Waals surface area contributed by atoms with Crippen LogP contribution >= 0.6 is 12.2 Å². The third-order valence-corrected chi connectivity index (χ3v) is 1.90. The Morgan fingerprint density at radius 2 is 2.54 bits per heavy atom. The second-order valence-corrected chi connectivity index (χ2v) is 2.91. The van der Waals surface area contributed by atoms with E-state index in [1.807, 2.05) is 6.92 Å². The largest absolute Gasteiger partial charge is 0.352 e. The number of urea groups is 1. The summed E-state index contributed by atoms with van der Waals surface area (Å²) in [6.07, 6.45) is 0. The van der Waals surface area contributed by atoms with Crippen molar-refractivity contribution in [3.63, 3.8) is 0 Å². The van der Waals surface area contributed by atoms with E-state index in [1.54, 1.807) is 4.57 Å². The van der Waals surface area contributed by atoms with Gasteiger partial charge in [-0.15, -0.1) is 0 Å². The summed E-state index contributed by atoms with van der Waals surface area (Å²) in [5.41, 5.74) is 4.90. The summed E-state index contributed by atoms with van der Waals surface area (Å²) in [6.45, 7) is 2.85. The lowest BCUT2D eigenvalue weighted by molar-refractivity contribution is 0.248. The highest BCUT2D eigenvalue weighted by Gasteiger charge is 1.99. The first-order valence-electron chi connectivity index (χ1n) is 3.76. The molecular weight excluding hydrogens is 190 g/mol. The lowest BCUT2D eigenvalue weighted by Crippen LogP contribution is -2.32. The Labute approximate surface area is 80.1 Å². The molecule has 0 bridgehead atoms. The number of primary amides is 1. The fraction of sp³-hybridized carbons (Fsp3) is 0.500. The number of nitrogens with two attached hydrogens (primary N) is 1. The number of aromatic nitrogens is 3. The molecule has 0 spiro atoms. The first-order chi connectivity index (χ1) is 6.11. The first kappa shape index (κ1) is 9.72. The molecule has 2 amide bonds. The third-order valence-electron chi connectivity index (χ3n) is 1.58. The minimum absolute atomic E-state index is 0.448. The van der Waals surface area contributed by atoms with Gasteiger partial charge in [-0.3, -0.25) is 5.10 Å². The summed E-state index contributed by atoms with van der Waals surface area (Å²) in [7, 11) is 0. The minimum Gasteiger partial charge on any atom is -0.352 e. The number of amides is 2. The van der Waals surface area contributed by atoms with Crippen molar-refractivity contribution in [2.24, 2.45) is 5.73 Å². The van der Waals surface area contributed by atoms with Crippen LogP contribution in [0.4, 0.5) is 4.79 Å². The fourth-order valence-electron chi connectivity index (χ4n) is 0.951. The van der Waals surface area contributed by atoms with E-state index >= 15 is 0 Å². The molecule has 72 valence electrons. The van der Waals surface area contributed by atoms with Crippen LogP contribution in [-0.2, 0) is 6.54 Å². The van der Waals surface area contributed by atoms with Gasteiger partial charge >= 0.3 is 6.03 Å². The van der Waals surface area contributed by atoms with Crippen LogP contribution in [-0.4, -0.2) is 27.3 Å². The molecule has 6 nitrogen and oxygen atoms in total. The number of nitrogens with zero attached hydrogens (tertiary/aromatic N) is 2. The molecule has 0 atom stereocenters. The summed E-state index contributed by atoms with van der Waals surface area (Å²) < 4.78 is 2.33. The molecule has 1 rings (SSSR count). The Kier molecular flexibility index (Phi) is 3.02. The maximum atomic E-state index is 10.4. The van der Waals surface area contributed by atoms with E-state index < -0.39 is 6.03 Å². The molecule has 0 aliphatic carbocycles. The molecule has 0 fully saturated rings. The second-order valence-electron chi connectivity index (χ2n) is 2.52. The lowest BCUT2D eigenvalue weighted by atomic mass is 10.5. The smallest absolute Gasteiger partial charge is 0.312 e. The maximum Gasteiger partial charge on any atom is 0.312 e. The Hall–Kier alpha value is -1.37. The van der Waals surface area contributed by atoms with Crippen molar-refractivity contribution in [3.8, 4) is 0 Å². The summed E-state index contributed by atoms with van der Waals surface area (Å²) >= 11 is 4.95. The van der Waals surface area contributed by atoms with E-state index in [1.165, 1.54) is 0 Å². The average molecular weight is 201 g/mol. The van der Waals surface area contributed by atoms with Gasteiger partial charge in [-0.05, 0) is 19.1 Å². The quantitative estimate of drug-likeness (QED) is 0.597. The topological polar surface area (TPSA) is 88.7 Å². The lowest BCUT2D eigenvalue weighted by Gasteiger charge is -2.03. The molecule has 1 heterocycles. The number of hydrogen-bond acceptors (Lipinski definition) is 3. The number of carbonyl (C=O) groups excluding carboxylic acids is 1. The molecule has 7 heteroatoms. The van der Waals surface area contributed by atoms with Gasteiger partial charge < -0.3 is 15.6 Å². The van der Waals surface area contributed by atoms with Gasteiger partial charge in [0.2, 0.25) is 0 Å². The van der Waals surface area contributed by atoms with E-state index in [4.69, 9.17) is 18.0 Å².